The van der Waals surface area contributed by atoms with E-state index in [0.717, 1.165) is 22.3 Å². The molecule has 1 aliphatic carbocycles. The van der Waals surface area contributed by atoms with Crippen molar-refractivity contribution in [1.29, 1.82) is 0 Å². The van der Waals surface area contributed by atoms with Crippen molar-refractivity contribution in [2.24, 2.45) is 0 Å². The van der Waals surface area contributed by atoms with Gasteiger partial charge in [0.25, 0.3) is 0 Å². The second kappa shape index (κ2) is 5.53. The molecule has 3 aromatic carbocycles. The summed E-state index contributed by atoms with van der Waals surface area (Å²) >= 11 is 6.22. The van der Waals surface area contributed by atoms with Gasteiger partial charge in [-0.3, -0.25) is 0 Å². The van der Waals surface area contributed by atoms with Gasteiger partial charge < -0.3 is 10.0 Å². The molecule has 2 nitrogen and oxygen atoms in total. The van der Waals surface area contributed by atoms with Crippen LogP contribution in [0.1, 0.15) is 22.6 Å². The third-order valence-corrected chi connectivity index (χ3v) is 4.67. The van der Waals surface area contributed by atoms with Gasteiger partial charge in [-0.2, -0.15) is 0 Å². The van der Waals surface area contributed by atoms with E-state index in [2.05, 4.69) is 12.1 Å². The third-order valence-electron chi connectivity index (χ3n) is 4.43. The first kappa shape index (κ1) is 14.5. The zero-order chi connectivity index (χ0) is 16.0. The average molecular weight is 321 g/mol. The van der Waals surface area contributed by atoms with Crippen LogP contribution in [0.4, 0.5) is 0 Å². The molecule has 0 amide bonds. The molecule has 23 heavy (non-hydrogen) atoms. The number of benzene rings is 3. The predicted molar refractivity (Wildman–Crippen MR) is 94.1 cm³/mol. The maximum Gasteiger partial charge on any atom is 0.488 e. The molecule has 0 bridgehead atoms. The molecule has 1 unspecified atom stereocenters. The van der Waals surface area contributed by atoms with Crippen LogP contribution in [0.3, 0.4) is 0 Å². The van der Waals surface area contributed by atoms with Crippen LogP contribution in [0.15, 0.2) is 66.7 Å². The Morgan fingerprint density at radius 3 is 2.13 bits per heavy atom. The Morgan fingerprint density at radius 1 is 0.783 bits per heavy atom. The minimum absolute atomic E-state index is 0.0543. The molecule has 0 heterocycles. The van der Waals surface area contributed by atoms with E-state index in [-0.39, 0.29) is 5.92 Å². The molecule has 3 aromatic rings. The normalized spacial score (nSPS) is 15.2. The molecular formula is C19H14BClO2. The summed E-state index contributed by atoms with van der Waals surface area (Å²) in [5.41, 5.74) is 6.18. The van der Waals surface area contributed by atoms with Crippen molar-refractivity contribution < 1.29 is 10.0 Å². The number of halogens is 1. The van der Waals surface area contributed by atoms with Crippen molar-refractivity contribution in [1.82, 2.24) is 0 Å². The summed E-state index contributed by atoms with van der Waals surface area (Å²) in [4.78, 5) is 0. The van der Waals surface area contributed by atoms with Gasteiger partial charge in [0.2, 0.25) is 0 Å². The van der Waals surface area contributed by atoms with Crippen LogP contribution in [0, 0.1) is 0 Å². The summed E-state index contributed by atoms with van der Waals surface area (Å²) < 4.78 is 0. The van der Waals surface area contributed by atoms with E-state index in [1.807, 2.05) is 48.5 Å². The number of rotatable bonds is 2. The van der Waals surface area contributed by atoms with Gasteiger partial charge >= 0.3 is 7.12 Å². The van der Waals surface area contributed by atoms with Gasteiger partial charge in [-0.1, -0.05) is 66.2 Å². The number of fused-ring (bicyclic) bond motifs is 3. The highest BCUT2D eigenvalue weighted by Gasteiger charge is 2.31. The lowest BCUT2D eigenvalue weighted by Crippen LogP contribution is -2.30. The van der Waals surface area contributed by atoms with Crippen LogP contribution < -0.4 is 5.46 Å². The fourth-order valence-electron chi connectivity index (χ4n) is 3.42. The van der Waals surface area contributed by atoms with Crippen LogP contribution in [-0.2, 0) is 0 Å². The summed E-state index contributed by atoms with van der Waals surface area (Å²) in [6.07, 6.45) is 0. The van der Waals surface area contributed by atoms with E-state index in [0.29, 0.717) is 10.5 Å². The molecule has 0 aliphatic heterocycles. The van der Waals surface area contributed by atoms with Crippen molar-refractivity contribution in [3.63, 3.8) is 0 Å². The molecule has 4 rings (SSSR count). The standard InChI is InChI=1S/C19H14BClO2/c21-14-7-9-16-15-8-6-13(20(22)23)10-17(15)19(18(16)11-14)12-4-2-1-3-5-12/h1-11,19,22-23H. The Hall–Kier alpha value is -2.07. The molecule has 0 fully saturated rings. The van der Waals surface area contributed by atoms with Crippen molar-refractivity contribution in [3.05, 3.63) is 88.4 Å². The van der Waals surface area contributed by atoms with E-state index < -0.39 is 7.12 Å². The Morgan fingerprint density at radius 2 is 1.43 bits per heavy atom. The minimum atomic E-state index is -1.47. The fourth-order valence-corrected chi connectivity index (χ4v) is 3.60. The zero-order valence-corrected chi connectivity index (χ0v) is 13.0. The molecule has 0 aromatic heterocycles. The van der Waals surface area contributed by atoms with Crippen LogP contribution in [-0.4, -0.2) is 17.2 Å². The maximum atomic E-state index is 9.51. The summed E-state index contributed by atoms with van der Waals surface area (Å²) in [7, 11) is -1.47. The molecule has 1 aliphatic rings. The Kier molecular flexibility index (Phi) is 3.49. The smallest absolute Gasteiger partial charge is 0.423 e. The van der Waals surface area contributed by atoms with Gasteiger partial charge in [-0.25, -0.2) is 0 Å². The van der Waals surface area contributed by atoms with Crippen molar-refractivity contribution in [2.45, 2.75) is 5.92 Å². The van der Waals surface area contributed by atoms with Crippen molar-refractivity contribution in [3.8, 4) is 11.1 Å². The molecule has 4 heteroatoms. The summed E-state index contributed by atoms with van der Waals surface area (Å²) in [6, 6.07) is 21.7. The zero-order valence-electron chi connectivity index (χ0n) is 12.3. The van der Waals surface area contributed by atoms with Gasteiger partial charge in [0.05, 0.1) is 0 Å². The molecule has 0 saturated heterocycles. The molecule has 112 valence electrons. The number of hydrogen-bond donors (Lipinski definition) is 2. The van der Waals surface area contributed by atoms with Gasteiger partial charge in [-0.05, 0) is 45.4 Å². The summed E-state index contributed by atoms with van der Waals surface area (Å²) in [6.45, 7) is 0. The second-order valence-corrected chi connectivity index (χ2v) is 6.23. The van der Waals surface area contributed by atoms with Crippen LogP contribution in [0.5, 0.6) is 0 Å². The largest absolute Gasteiger partial charge is 0.488 e. The van der Waals surface area contributed by atoms with Crippen LogP contribution in [0.2, 0.25) is 5.02 Å². The molecule has 1 atom stereocenters. The number of hydrogen-bond acceptors (Lipinski definition) is 2. The topological polar surface area (TPSA) is 40.5 Å². The molecular weight excluding hydrogens is 306 g/mol. The maximum absolute atomic E-state index is 9.51. The Bertz CT molecular complexity index is 878. The van der Waals surface area contributed by atoms with E-state index in [1.165, 1.54) is 5.56 Å². The van der Waals surface area contributed by atoms with Gasteiger partial charge in [-0.15, -0.1) is 0 Å². The predicted octanol–water partition coefficient (Wildman–Crippen LogP) is 3.18. The first-order valence-electron chi connectivity index (χ1n) is 7.50. The lowest BCUT2D eigenvalue weighted by atomic mass is 9.77. The van der Waals surface area contributed by atoms with E-state index in [4.69, 9.17) is 11.6 Å². The summed E-state index contributed by atoms with van der Waals surface area (Å²) in [5, 5.41) is 19.7. The van der Waals surface area contributed by atoms with Crippen LogP contribution in [0.25, 0.3) is 11.1 Å². The molecule has 2 N–H and O–H groups in total. The van der Waals surface area contributed by atoms with E-state index >= 15 is 0 Å². The molecule has 0 spiro atoms. The van der Waals surface area contributed by atoms with E-state index in [9.17, 15) is 10.0 Å². The first-order chi connectivity index (χ1) is 11.1. The minimum Gasteiger partial charge on any atom is -0.423 e. The first-order valence-corrected chi connectivity index (χ1v) is 7.87. The highest BCUT2D eigenvalue weighted by molar-refractivity contribution is 6.58. The van der Waals surface area contributed by atoms with Crippen molar-refractivity contribution >= 4 is 24.2 Å². The van der Waals surface area contributed by atoms with Gasteiger partial charge in [0, 0.05) is 10.9 Å². The Labute approximate surface area is 140 Å². The Balaban J connectivity index is 1.98. The average Bonchev–Trinajstić information content (AvgIpc) is 2.88. The third kappa shape index (κ3) is 2.38. The highest BCUT2D eigenvalue weighted by Crippen LogP contribution is 2.48. The lowest BCUT2D eigenvalue weighted by Gasteiger charge is -2.15. The second-order valence-electron chi connectivity index (χ2n) is 5.80. The van der Waals surface area contributed by atoms with Crippen LogP contribution >= 0.6 is 11.6 Å². The molecule has 0 radical (unpaired) electrons. The highest BCUT2D eigenvalue weighted by atomic mass is 35.5. The SMILES string of the molecule is OB(O)c1ccc2c(c1)C(c1ccccc1)c1cc(Cl)ccc1-2. The van der Waals surface area contributed by atoms with Gasteiger partial charge in [0.1, 0.15) is 0 Å². The fraction of sp³-hybridized carbons (Fsp3) is 0.0526. The lowest BCUT2D eigenvalue weighted by molar-refractivity contribution is 0.425. The quantitative estimate of drug-likeness (QED) is 0.557. The molecule has 0 saturated carbocycles. The van der Waals surface area contributed by atoms with Gasteiger partial charge in [0.15, 0.2) is 0 Å². The monoisotopic (exact) mass is 320 g/mol. The van der Waals surface area contributed by atoms with E-state index in [1.54, 1.807) is 6.07 Å². The summed E-state index contributed by atoms with van der Waals surface area (Å²) in [5.74, 6) is 0.0543. The van der Waals surface area contributed by atoms with Crippen molar-refractivity contribution in [2.75, 3.05) is 0 Å².